The monoisotopic (exact) mass is 355 g/mol. The van der Waals surface area contributed by atoms with Crippen LogP contribution in [0.5, 0.6) is 0 Å². The van der Waals surface area contributed by atoms with E-state index in [1.807, 2.05) is 31.3 Å². The first kappa shape index (κ1) is 15.5. The van der Waals surface area contributed by atoms with Crippen LogP contribution in [0.15, 0.2) is 46.9 Å². The molecule has 0 amide bonds. The van der Waals surface area contributed by atoms with Gasteiger partial charge in [-0.25, -0.2) is 4.39 Å². The first-order chi connectivity index (χ1) is 9.61. The van der Waals surface area contributed by atoms with Crippen molar-refractivity contribution >= 4 is 27.5 Å². The van der Waals surface area contributed by atoms with Gasteiger partial charge in [-0.2, -0.15) is 0 Å². The molecule has 1 unspecified atom stereocenters. The molecule has 4 heteroatoms. The lowest BCUT2D eigenvalue weighted by Gasteiger charge is -2.19. The number of hydrogen-bond acceptors (Lipinski definition) is 1. The summed E-state index contributed by atoms with van der Waals surface area (Å²) in [5, 5.41) is 3.37. The van der Waals surface area contributed by atoms with Gasteiger partial charge in [-0.1, -0.05) is 51.8 Å². The quantitative estimate of drug-likeness (QED) is 0.812. The van der Waals surface area contributed by atoms with E-state index >= 15 is 0 Å². The molecule has 1 N–H and O–H groups in total. The maximum Gasteiger partial charge on any atom is 0.142 e. The second-order valence-electron chi connectivity index (χ2n) is 4.73. The maximum atomic E-state index is 13.5. The van der Waals surface area contributed by atoms with Gasteiger partial charge in [-0.05, 0) is 42.8 Å². The van der Waals surface area contributed by atoms with Gasteiger partial charge >= 0.3 is 0 Å². The predicted octanol–water partition coefficient (Wildman–Crippen LogP) is 4.79. The fourth-order valence-corrected chi connectivity index (χ4v) is 3.02. The Bertz CT molecular complexity index is 588. The Kier molecular flexibility index (Phi) is 5.58. The van der Waals surface area contributed by atoms with Crippen LogP contribution in [0.2, 0.25) is 5.02 Å². The van der Waals surface area contributed by atoms with Crippen molar-refractivity contribution in [1.29, 1.82) is 0 Å². The average Bonchev–Trinajstić information content (AvgIpc) is 2.43. The number of benzene rings is 2. The van der Waals surface area contributed by atoms with E-state index in [0.717, 1.165) is 23.0 Å². The van der Waals surface area contributed by atoms with Gasteiger partial charge in [0.25, 0.3) is 0 Å². The van der Waals surface area contributed by atoms with Crippen molar-refractivity contribution < 1.29 is 4.39 Å². The predicted molar refractivity (Wildman–Crippen MR) is 85.9 cm³/mol. The van der Waals surface area contributed by atoms with Crippen LogP contribution in [0, 0.1) is 5.82 Å². The molecular formula is C16H16BrClFN. The Balaban J connectivity index is 2.25. The summed E-state index contributed by atoms with van der Waals surface area (Å²) in [6, 6.07) is 13.1. The molecule has 2 rings (SSSR count). The van der Waals surface area contributed by atoms with Gasteiger partial charge in [-0.15, -0.1) is 0 Å². The molecule has 106 valence electrons. The number of hydrogen-bond donors (Lipinski definition) is 1. The van der Waals surface area contributed by atoms with Crippen molar-refractivity contribution in [2.75, 3.05) is 13.6 Å². The molecule has 0 aliphatic rings. The lowest BCUT2D eigenvalue weighted by molar-refractivity contribution is 0.607. The molecule has 0 fully saturated rings. The smallest absolute Gasteiger partial charge is 0.142 e. The molecule has 0 radical (unpaired) electrons. The normalized spacial score (nSPS) is 12.4. The van der Waals surface area contributed by atoms with Crippen molar-refractivity contribution in [1.82, 2.24) is 5.32 Å². The minimum atomic E-state index is -0.362. The van der Waals surface area contributed by atoms with Crippen LogP contribution in [0.3, 0.4) is 0 Å². The van der Waals surface area contributed by atoms with Crippen LogP contribution in [0.25, 0.3) is 0 Å². The molecule has 0 heterocycles. The molecular weight excluding hydrogens is 341 g/mol. The van der Waals surface area contributed by atoms with E-state index in [0.29, 0.717) is 0 Å². The SMILES string of the molecule is CNCC(Cc1ccc(Cl)c(F)c1)c1ccccc1Br. The highest BCUT2D eigenvalue weighted by molar-refractivity contribution is 9.10. The van der Waals surface area contributed by atoms with Crippen LogP contribution in [-0.2, 0) is 6.42 Å². The zero-order valence-corrected chi connectivity index (χ0v) is 13.5. The van der Waals surface area contributed by atoms with Gasteiger partial charge in [0.2, 0.25) is 0 Å². The summed E-state index contributed by atoms with van der Waals surface area (Å²) in [5.74, 6) is -0.0874. The molecule has 20 heavy (non-hydrogen) atoms. The van der Waals surface area contributed by atoms with Crippen molar-refractivity contribution in [3.8, 4) is 0 Å². The number of likely N-dealkylation sites (N-methyl/N-ethyl adjacent to an activating group) is 1. The second-order valence-corrected chi connectivity index (χ2v) is 5.99. The van der Waals surface area contributed by atoms with E-state index in [2.05, 4.69) is 27.3 Å². The fourth-order valence-electron chi connectivity index (χ4n) is 2.30. The highest BCUT2D eigenvalue weighted by Gasteiger charge is 2.15. The van der Waals surface area contributed by atoms with E-state index in [1.54, 1.807) is 6.07 Å². The minimum Gasteiger partial charge on any atom is -0.319 e. The first-order valence-corrected chi connectivity index (χ1v) is 7.62. The van der Waals surface area contributed by atoms with Crippen LogP contribution >= 0.6 is 27.5 Å². The van der Waals surface area contributed by atoms with E-state index in [-0.39, 0.29) is 16.8 Å². The van der Waals surface area contributed by atoms with Gasteiger partial charge in [-0.3, -0.25) is 0 Å². The summed E-state index contributed by atoms with van der Waals surface area (Å²) in [4.78, 5) is 0. The average molecular weight is 357 g/mol. The summed E-state index contributed by atoms with van der Waals surface area (Å²) in [5.41, 5.74) is 2.17. The zero-order valence-electron chi connectivity index (χ0n) is 11.2. The van der Waals surface area contributed by atoms with Crippen molar-refractivity contribution in [3.05, 3.63) is 68.9 Å². The van der Waals surface area contributed by atoms with Gasteiger partial charge in [0.05, 0.1) is 5.02 Å². The Labute approximate surface area is 132 Å². The largest absolute Gasteiger partial charge is 0.319 e. The van der Waals surface area contributed by atoms with Gasteiger partial charge in [0.1, 0.15) is 5.82 Å². The topological polar surface area (TPSA) is 12.0 Å². The lowest BCUT2D eigenvalue weighted by Crippen LogP contribution is -2.19. The third-order valence-corrected chi connectivity index (χ3v) is 4.29. The molecule has 2 aromatic carbocycles. The summed E-state index contributed by atoms with van der Waals surface area (Å²) < 4.78 is 14.6. The fraction of sp³-hybridized carbons (Fsp3) is 0.250. The van der Waals surface area contributed by atoms with Crippen molar-refractivity contribution in [3.63, 3.8) is 0 Å². The summed E-state index contributed by atoms with van der Waals surface area (Å²) in [6.07, 6.45) is 0.761. The zero-order chi connectivity index (χ0) is 14.5. The molecule has 0 spiro atoms. The Morgan fingerprint density at radius 1 is 1.25 bits per heavy atom. The van der Waals surface area contributed by atoms with Crippen LogP contribution in [0.1, 0.15) is 17.0 Å². The van der Waals surface area contributed by atoms with Crippen molar-refractivity contribution in [2.24, 2.45) is 0 Å². The van der Waals surface area contributed by atoms with Crippen LogP contribution < -0.4 is 5.32 Å². The van der Waals surface area contributed by atoms with Crippen molar-refractivity contribution in [2.45, 2.75) is 12.3 Å². The maximum absolute atomic E-state index is 13.5. The minimum absolute atomic E-state index is 0.166. The molecule has 0 bridgehead atoms. The Morgan fingerprint density at radius 2 is 2.00 bits per heavy atom. The van der Waals surface area contributed by atoms with Crippen LogP contribution in [0.4, 0.5) is 4.39 Å². The summed E-state index contributed by atoms with van der Waals surface area (Å²) in [6.45, 7) is 0.826. The van der Waals surface area contributed by atoms with E-state index in [9.17, 15) is 4.39 Å². The molecule has 0 aromatic heterocycles. The molecule has 0 aliphatic carbocycles. The molecule has 0 saturated heterocycles. The Morgan fingerprint density at radius 3 is 2.65 bits per heavy atom. The lowest BCUT2D eigenvalue weighted by atomic mass is 9.92. The van der Waals surface area contributed by atoms with Gasteiger partial charge in [0, 0.05) is 16.9 Å². The third-order valence-electron chi connectivity index (χ3n) is 3.26. The molecule has 0 aliphatic heterocycles. The van der Waals surface area contributed by atoms with Crippen LogP contribution in [-0.4, -0.2) is 13.6 Å². The highest BCUT2D eigenvalue weighted by Crippen LogP contribution is 2.28. The Hall–Kier alpha value is -0.900. The number of nitrogens with one attached hydrogen (secondary N) is 1. The standard InChI is InChI=1S/C16H16BrClFN/c1-20-10-12(13-4-2-3-5-14(13)17)8-11-6-7-15(18)16(19)9-11/h2-7,9,12,20H,8,10H2,1H3. The second kappa shape index (κ2) is 7.21. The highest BCUT2D eigenvalue weighted by atomic mass is 79.9. The number of rotatable bonds is 5. The third kappa shape index (κ3) is 3.81. The molecule has 2 aromatic rings. The molecule has 0 saturated carbocycles. The van der Waals surface area contributed by atoms with E-state index in [4.69, 9.17) is 11.6 Å². The first-order valence-electron chi connectivity index (χ1n) is 6.44. The summed E-state index contributed by atoms with van der Waals surface area (Å²) in [7, 11) is 1.92. The van der Waals surface area contributed by atoms with E-state index < -0.39 is 0 Å². The molecule has 1 atom stereocenters. The summed E-state index contributed by atoms with van der Waals surface area (Å²) >= 11 is 9.31. The number of halogens is 3. The van der Waals surface area contributed by atoms with Gasteiger partial charge < -0.3 is 5.32 Å². The van der Waals surface area contributed by atoms with E-state index in [1.165, 1.54) is 11.6 Å². The van der Waals surface area contributed by atoms with Gasteiger partial charge in [0.15, 0.2) is 0 Å². The molecule has 1 nitrogen and oxygen atoms in total.